The van der Waals surface area contributed by atoms with Crippen molar-refractivity contribution < 1.29 is 4.79 Å². The standard InChI is InChI=1S/C11H18N4OS2/c12-10-13-14-11(18-10)17-8-9(16)15-6-4-2-1-3-5-7-15/h1-8H2,(H2,12,13). The quantitative estimate of drug-likeness (QED) is 0.861. The lowest BCUT2D eigenvalue weighted by atomic mass is 10.1. The van der Waals surface area contributed by atoms with Gasteiger partial charge in [0.15, 0.2) is 4.34 Å². The second-order valence-electron chi connectivity index (χ2n) is 4.34. The van der Waals surface area contributed by atoms with Crippen LogP contribution in [0.2, 0.25) is 0 Å². The van der Waals surface area contributed by atoms with Gasteiger partial charge in [0, 0.05) is 13.1 Å². The van der Waals surface area contributed by atoms with Crippen LogP contribution < -0.4 is 5.73 Å². The monoisotopic (exact) mass is 286 g/mol. The van der Waals surface area contributed by atoms with Crippen LogP contribution in [0.3, 0.4) is 0 Å². The Morgan fingerprint density at radius 2 is 1.89 bits per heavy atom. The number of likely N-dealkylation sites (tertiary alicyclic amines) is 1. The Hall–Kier alpha value is -0.820. The topological polar surface area (TPSA) is 72.1 Å². The van der Waals surface area contributed by atoms with Crippen LogP contribution in [-0.2, 0) is 4.79 Å². The van der Waals surface area contributed by atoms with Crippen LogP contribution in [0.15, 0.2) is 4.34 Å². The molecule has 0 aromatic carbocycles. The van der Waals surface area contributed by atoms with Gasteiger partial charge in [-0.25, -0.2) is 0 Å². The summed E-state index contributed by atoms with van der Waals surface area (Å²) in [7, 11) is 0. The van der Waals surface area contributed by atoms with E-state index >= 15 is 0 Å². The number of nitrogens with zero attached hydrogens (tertiary/aromatic N) is 3. The maximum absolute atomic E-state index is 12.1. The van der Waals surface area contributed by atoms with Crippen molar-refractivity contribution in [3.8, 4) is 0 Å². The molecule has 2 heterocycles. The summed E-state index contributed by atoms with van der Waals surface area (Å²) in [5.74, 6) is 0.643. The van der Waals surface area contributed by atoms with E-state index in [1.165, 1.54) is 42.4 Å². The van der Waals surface area contributed by atoms with E-state index in [0.29, 0.717) is 10.9 Å². The SMILES string of the molecule is Nc1nnc(SCC(=O)N2CCCCCCC2)s1. The van der Waals surface area contributed by atoms with Crippen molar-refractivity contribution in [2.45, 2.75) is 36.4 Å². The molecular formula is C11H18N4OS2. The fraction of sp³-hybridized carbons (Fsp3) is 0.727. The predicted octanol–water partition coefficient (Wildman–Crippen LogP) is 2.01. The summed E-state index contributed by atoms with van der Waals surface area (Å²) in [5.41, 5.74) is 5.50. The second-order valence-corrected chi connectivity index (χ2v) is 6.58. The first-order chi connectivity index (χ1) is 8.75. The van der Waals surface area contributed by atoms with Crippen LogP contribution in [0.1, 0.15) is 32.1 Å². The molecule has 0 spiro atoms. The molecule has 1 aromatic rings. The van der Waals surface area contributed by atoms with Gasteiger partial charge >= 0.3 is 0 Å². The number of carbonyl (C=O) groups is 1. The molecule has 0 radical (unpaired) electrons. The van der Waals surface area contributed by atoms with Crippen molar-refractivity contribution in [3.63, 3.8) is 0 Å². The molecule has 18 heavy (non-hydrogen) atoms. The van der Waals surface area contributed by atoms with Crippen LogP contribution in [0.4, 0.5) is 5.13 Å². The number of anilines is 1. The minimum absolute atomic E-state index is 0.204. The first kappa shape index (κ1) is 13.6. The summed E-state index contributed by atoms with van der Waals surface area (Å²) >= 11 is 2.76. The molecule has 0 atom stereocenters. The summed E-state index contributed by atoms with van der Waals surface area (Å²) in [6, 6.07) is 0. The molecule has 7 heteroatoms. The van der Waals surface area contributed by atoms with Gasteiger partial charge in [-0.3, -0.25) is 4.79 Å². The number of carbonyl (C=O) groups excluding carboxylic acids is 1. The number of nitrogens with two attached hydrogens (primary N) is 1. The third kappa shape index (κ3) is 4.13. The van der Waals surface area contributed by atoms with Crippen LogP contribution in [0.25, 0.3) is 0 Å². The molecule has 0 saturated carbocycles. The molecule has 0 aliphatic carbocycles. The molecule has 1 aliphatic rings. The van der Waals surface area contributed by atoms with Crippen molar-refractivity contribution >= 4 is 34.1 Å². The molecule has 0 bridgehead atoms. The van der Waals surface area contributed by atoms with E-state index in [1.807, 2.05) is 4.90 Å². The van der Waals surface area contributed by atoms with Crippen LogP contribution in [0.5, 0.6) is 0 Å². The number of hydrogen-bond acceptors (Lipinski definition) is 6. The molecule has 1 aliphatic heterocycles. The van der Waals surface area contributed by atoms with Gasteiger partial charge in [-0.1, -0.05) is 42.4 Å². The Labute approximate surface area is 115 Å². The molecule has 1 aromatic heterocycles. The molecule has 1 amide bonds. The Morgan fingerprint density at radius 3 is 2.50 bits per heavy atom. The first-order valence-electron chi connectivity index (χ1n) is 6.25. The number of thioether (sulfide) groups is 1. The largest absolute Gasteiger partial charge is 0.374 e. The van der Waals surface area contributed by atoms with Crippen LogP contribution >= 0.6 is 23.1 Å². The molecule has 1 saturated heterocycles. The highest BCUT2D eigenvalue weighted by molar-refractivity contribution is 8.01. The van der Waals surface area contributed by atoms with Gasteiger partial charge in [0.2, 0.25) is 11.0 Å². The minimum Gasteiger partial charge on any atom is -0.374 e. The summed E-state index contributed by atoms with van der Waals surface area (Å²) in [6.45, 7) is 1.80. The lowest BCUT2D eigenvalue weighted by Crippen LogP contribution is -2.35. The molecule has 100 valence electrons. The van der Waals surface area contributed by atoms with Gasteiger partial charge in [-0.05, 0) is 12.8 Å². The molecule has 5 nitrogen and oxygen atoms in total. The molecule has 2 N–H and O–H groups in total. The average Bonchev–Trinajstić information content (AvgIpc) is 2.72. The van der Waals surface area contributed by atoms with Crippen molar-refractivity contribution in [1.82, 2.24) is 15.1 Å². The fourth-order valence-corrected chi connectivity index (χ4v) is 3.53. The number of aromatic nitrogens is 2. The number of nitrogen functional groups attached to an aromatic ring is 1. The van der Waals surface area contributed by atoms with Crippen molar-refractivity contribution in [2.75, 3.05) is 24.6 Å². The molecule has 2 rings (SSSR count). The number of hydrogen-bond donors (Lipinski definition) is 1. The number of amides is 1. The third-order valence-corrected chi connectivity index (χ3v) is 4.82. The Balaban J connectivity index is 1.79. The summed E-state index contributed by atoms with van der Waals surface area (Å²) < 4.78 is 0.771. The fourth-order valence-electron chi connectivity index (χ4n) is 1.99. The van der Waals surface area contributed by atoms with Gasteiger partial charge < -0.3 is 10.6 Å². The van der Waals surface area contributed by atoms with Crippen molar-refractivity contribution in [3.05, 3.63) is 0 Å². The maximum atomic E-state index is 12.1. The molecule has 0 unspecified atom stereocenters. The zero-order valence-corrected chi connectivity index (χ0v) is 11.9. The van der Waals surface area contributed by atoms with Gasteiger partial charge in [0.05, 0.1) is 5.75 Å². The lowest BCUT2D eigenvalue weighted by Gasteiger charge is -2.24. The predicted molar refractivity (Wildman–Crippen MR) is 74.7 cm³/mol. The van der Waals surface area contributed by atoms with Gasteiger partial charge in [0.1, 0.15) is 0 Å². The van der Waals surface area contributed by atoms with Crippen molar-refractivity contribution in [2.24, 2.45) is 0 Å². The number of rotatable bonds is 3. The maximum Gasteiger partial charge on any atom is 0.233 e. The zero-order chi connectivity index (χ0) is 12.8. The van der Waals surface area contributed by atoms with E-state index in [-0.39, 0.29) is 5.91 Å². The van der Waals surface area contributed by atoms with Crippen LogP contribution in [0, 0.1) is 0 Å². The van der Waals surface area contributed by atoms with Gasteiger partial charge in [-0.15, -0.1) is 10.2 Å². The van der Waals surface area contributed by atoms with Crippen LogP contribution in [-0.4, -0.2) is 39.8 Å². The smallest absolute Gasteiger partial charge is 0.233 e. The Morgan fingerprint density at radius 1 is 1.22 bits per heavy atom. The highest BCUT2D eigenvalue weighted by Gasteiger charge is 2.15. The first-order valence-corrected chi connectivity index (χ1v) is 8.05. The normalized spacial score (nSPS) is 17.2. The Kier molecular flexibility index (Phi) is 5.25. The summed E-state index contributed by atoms with van der Waals surface area (Å²) in [6.07, 6.45) is 6.04. The van der Waals surface area contributed by atoms with E-state index < -0.39 is 0 Å². The summed E-state index contributed by atoms with van der Waals surface area (Å²) in [4.78, 5) is 14.1. The highest BCUT2D eigenvalue weighted by Crippen LogP contribution is 2.24. The van der Waals surface area contributed by atoms with Crippen molar-refractivity contribution in [1.29, 1.82) is 0 Å². The van der Waals surface area contributed by atoms with E-state index in [9.17, 15) is 4.79 Å². The molecular weight excluding hydrogens is 268 g/mol. The highest BCUT2D eigenvalue weighted by atomic mass is 32.2. The average molecular weight is 286 g/mol. The lowest BCUT2D eigenvalue weighted by molar-refractivity contribution is -0.128. The Bertz CT molecular complexity index is 388. The van der Waals surface area contributed by atoms with E-state index in [1.54, 1.807) is 0 Å². The molecule has 1 fully saturated rings. The zero-order valence-electron chi connectivity index (χ0n) is 10.3. The van der Waals surface area contributed by atoms with Gasteiger partial charge in [0.25, 0.3) is 0 Å². The second kappa shape index (κ2) is 6.94. The van der Waals surface area contributed by atoms with E-state index in [4.69, 9.17) is 5.73 Å². The van der Waals surface area contributed by atoms with E-state index in [2.05, 4.69) is 10.2 Å². The van der Waals surface area contributed by atoms with E-state index in [0.717, 1.165) is 30.3 Å². The minimum atomic E-state index is 0.204. The third-order valence-electron chi connectivity index (χ3n) is 2.95. The van der Waals surface area contributed by atoms with Gasteiger partial charge in [-0.2, -0.15) is 0 Å². The summed E-state index contributed by atoms with van der Waals surface area (Å²) in [5, 5.41) is 8.09.